The van der Waals surface area contributed by atoms with Gasteiger partial charge in [0.25, 0.3) is 10.0 Å². The topological polar surface area (TPSA) is 59.1 Å². The Morgan fingerprint density at radius 1 is 0.917 bits per heavy atom. The number of hydrogen-bond donors (Lipinski definition) is 1. The van der Waals surface area contributed by atoms with Crippen molar-refractivity contribution in [2.45, 2.75) is 18.2 Å². The number of benzene rings is 2. The van der Waals surface area contributed by atoms with Gasteiger partial charge in [-0.2, -0.15) is 0 Å². The van der Waals surface area contributed by atoms with Crippen LogP contribution in [0.15, 0.2) is 78.0 Å². The largest absolute Gasteiger partial charge is 0.279 e. The molecule has 0 saturated heterocycles. The Morgan fingerprint density at radius 3 is 2.33 bits per heavy atom. The average molecular weight is 338 g/mol. The zero-order valence-corrected chi connectivity index (χ0v) is 14.1. The molecule has 0 atom stereocenters. The third-order valence-electron chi connectivity index (χ3n) is 3.80. The van der Waals surface area contributed by atoms with E-state index in [1.54, 1.807) is 42.7 Å². The summed E-state index contributed by atoms with van der Waals surface area (Å²) in [5.74, 6) is 0. The fourth-order valence-electron chi connectivity index (χ4n) is 2.49. The summed E-state index contributed by atoms with van der Waals surface area (Å²) in [7, 11) is -3.61. The number of anilines is 1. The third-order valence-corrected chi connectivity index (χ3v) is 5.18. The molecule has 1 aromatic heterocycles. The molecule has 0 unspecified atom stereocenters. The SMILES string of the molecule is CCc1ccccc1NS(=O)(=O)c1ccc(-c2cccnc2)cc1. The molecule has 0 radical (unpaired) electrons. The van der Waals surface area contributed by atoms with Gasteiger partial charge < -0.3 is 0 Å². The van der Waals surface area contributed by atoms with E-state index in [2.05, 4.69) is 9.71 Å². The number of para-hydroxylation sites is 1. The van der Waals surface area contributed by atoms with Crippen LogP contribution in [0.25, 0.3) is 11.1 Å². The molecule has 1 heterocycles. The van der Waals surface area contributed by atoms with Crippen molar-refractivity contribution < 1.29 is 8.42 Å². The van der Waals surface area contributed by atoms with Crippen molar-refractivity contribution in [3.63, 3.8) is 0 Å². The highest BCUT2D eigenvalue weighted by Crippen LogP contribution is 2.23. The van der Waals surface area contributed by atoms with E-state index in [-0.39, 0.29) is 4.90 Å². The van der Waals surface area contributed by atoms with Crippen molar-refractivity contribution in [2.75, 3.05) is 4.72 Å². The number of aryl methyl sites for hydroxylation is 1. The predicted molar refractivity (Wildman–Crippen MR) is 96.3 cm³/mol. The molecule has 0 aliphatic carbocycles. The fraction of sp³-hybridized carbons (Fsp3) is 0.105. The first-order chi connectivity index (χ1) is 11.6. The Labute approximate surface area is 142 Å². The van der Waals surface area contributed by atoms with E-state index in [4.69, 9.17) is 0 Å². The van der Waals surface area contributed by atoms with Crippen molar-refractivity contribution in [2.24, 2.45) is 0 Å². The number of nitrogens with one attached hydrogen (secondary N) is 1. The van der Waals surface area contributed by atoms with Crippen LogP contribution in [0.3, 0.4) is 0 Å². The minimum absolute atomic E-state index is 0.237. The van der Waals surface area contributed by atoms with Gasteiger partial charge >= 0.3 is 0 Å². The molecule has 0 spiro atoms. The first kappa shape index (κ1) is 16.2. The van der Waals surface area contributed by atoms with Crippen LogP contribution in [-0.2, 0) is 16.4 Å². The van der Waals surface area contributed by atoms with E-state index in [0.29, 0.717) is 5.69 Å². The fourth-order valence-corrected chi connectivity index (χ4v) is 3.59. The summed E-state index contributed by atoms with van der Waals surface area (Å²) in [5, 5.41) is 0. The van der Waals surface area contributed by atoms with Gasteiger partial charge in [-0.15, -0.1) is 0 Å². The number of sulfonamides is 1. The first-order valence-electron chi connectivity index (χ1n) is 7.71. The number of hydrogen-bond acceptors (Lipinski definition) is 3. The quantitative estimate of drug-likeness (QED) is 0.761. The Kier molecular flexibility index (Phi) is 4.62. The molecular formula is C19H18N2O2S. The normalized spacial score (nSPS) is 11.2. The molecule has 2 aromatic carbocycles. The van der Waals surface area contributed by atoms with Crippen LogP contribution >= 0.6 is 0 Å². The molecule has 0 amide bonds. The smallest absolute Gasteiger partial charge is 0.261 e. The summed E-state index contributed by atoms with van der Waals surface area (Å²) in [6, 6.07) is 18.0. The molecule has 0 fully saturated rings. The number of rotatable bonds is 5. The molecule has 0 aliphatic rings. The summed E-state index contributed by atoms with van der Waals surface area (Å²) in [6.07, 6.45) is 4.22. The van der Waals surface area contributed by atoms with Gasteiger partial charge in [0.1, 0.15) is 0 Å². The lowest BCUT2D eigenvalue weighted by atomic mass is 10.1. The summed E-state index contributed by atoms with van der Waals surface area (Å²) in [6.45, 7) is 2.00. The Hall–Kier alpha value is -2.66. The minimum Gasteiger partial charge on any atom is -0.279 e. The lowest BCUT2D eigenvalue weighted by molar-refractivity contribution is 0.601. The van der Waals surface area contributed by atoms with Gasteiger partial charge in [-0.05, 0) is 47.4 Å². The van der Waals surface area contributed by atoms with Gasteiger partial charge in [0, 0.05) is 12.4 Å². The summed E-state index contributed by atoms with van der Waals surface area (Å²) in [5.41, 5.74) is 3.46. The van der Waals surface area contributed by atoms with Crippen molar-refractivity contribution in [1.29, 1.82) is 0 Å². The van der Waals surface area contributed by atoms with Crippen LogP contribution in [-0.4, -0.2) is 13.4 Å². The Balaban J connectivity index is 1.88. The van der Waals surface area contributed by atoms with Crippen molar-refractivity contribution >= 4 is 15.7 Å². The molecule has 4 nitrogen and oxygen atoms in total. The lowest BCUT2D eigenvalue weighted by Crippen LogP contribution is -2.14. The average Bonchev–Trinajstić information content (AvgIpc) is 2.63. The van der Waals surface area contributed by atoms with Crippen LogP contribution in [0.4, 0.5) is 5.69 Å². The number of pyridine rings is 1. The van der Waals surface area contributed by atoms with Crippen LogP contribution in [0.2, 0.25) is 0 Å². The summed E-state index contributed by atoms with van der Waals surface area (Å²) < 4.78 is 27.9. The standard InChI is InChI=1S/C19H18N2O2S/c1-2-15-6-3-4-8-19(15)21-24(22,23)18-11-9-16(10-12-18)17-7-5-13-20-14-17/h3-14,21H,2H2,1H3. The second-order valence-electron chi connectivity index (χ2n) is 5.38. The Morgan fingerprint density at radius 2 is 1.67 bits per heavy atom. The zero-order chi connectivity index (χ0) is 17.0. The molecule has 0 bridgehead atoms. The van der Waals surface area contributed by atoms with Gasteiger partial charge in [-0.1, -0.05) is 43.3 Å². The molecule has 122 valence electrons. The third kappa shape index (κ3) is 3.46. The van der Waals surface area contributed by atoms with Gasteiger partial charge in [-0.3, -0.25) is 9.71 Å². The van der Waals surface area contributed by atoms with E-state index >= 15 is 0 Å². The van der Waals surface area contributed by atoms with E-state index in [1.807, 2.05) is 37.3 Å². The molecule has 1 N–H and O–H groups in total. The van der Waals surface area contributed by atoms with Crippen LogP contribution in [0.1, 0.15) is 12.5 Å². The zero-order valence-electron chi connectivity index (χ0n) is 13.3. The summed E-state index contributed by atoms with van der Waals surface area (Å²) >= 11 is 0. The maximum absolute atomic E-state index is 12.6. The molecule has 0 saturated carbocycles. The van der Waals surface area contributed by atoms with E-state index < -0.39 is 10.0 Å². The van der Waals surface area contributed by atoms with Crippen molar-refractivity contribution in [1.82, 2.24) is 4.98 Å². The van der Waals surface area contributed by atoms with Crippen LogP contribution < -0.4 is 4.72 Å². The second kappa shape index (κ2) is 6.84. The maximum atomic E-state index is 12.6. The highest BCUT2D eigenvalue weighted by atomic mass is 32.2. The highest BCUT2D eigenvalue weighted by Gasteiger charge is 2.15. The van der Waals surface area contributed by atoms with Gasteiger partial charge in [0.2, 0.25) is 0 Å². The number of aromatic nitrogens is 1. The summed E-state index contributed by atoms with van der Waals surface area (Å²) in [4.78, 5) is 4.31. The van der Waals surface area contributed by atoms with Gasteiger partial charge in [0.15, 0.2) is 0 Å². The van der Waals surface area contributed by atoms with E-state index in [1.165, 1.54) is 0 Å². The van der Waals surface area contributed by atoms with Gasteiger partial charge in [0.05, 0.1) is 10.6 Å². The van der Waals surface area contributed by atoms with Crippen molar-refractivity contribution in [3.05, 3.63) is 78.6 Å². The molecule has 24 heavy (non-hydrogen) atoms. The van der Waals surface area contributed by atoms with Crippen LogP contribution in [0.5, 0.6) is 0 Å². The maximum Gasteiger partial charge on any atom is 0.261 e. The molecule has 5 heteroatoms. The van der Waals surface area contributed by atoms with Crippen molar-refractivity contribution in [3.8, 4) is 11.1 Å². The number of nitrogens with zero attached hydrogens (tertiary/aromatic N) is 1. The second-order valence-corrected chi connectivity index (χ2v) is 7.06. The van der Waals surface area contributed by atoms with E-state index in [9.17, 15) is 8.42 Å². The first-order valence-corrected chi connectivity index (χ1v) is 9.19. The highest BCUT2D eigenvalue weighted by molar-refractivity contribution is 7.92. The van der Waals surface area contributed by atoms with Gasteiger partial charge in [-0.25, -0.2) is 8.42 Å². The molecule has 3 aromatic rings. The van der Waals surface area contributed by atoms with E-state index in [0.717, 1.165) is 23.1 Å². The molecule has 0 aliphatic heterocycles. The lowest BCUT2D eigenvalue weighted by Gasteiger charge is -2.12. The monoisotopic (exact) mass is 338 g/mol. The molecular weight excluding hydrogens is 320 g/mol. The Bertz CT molecular complexity index is 921. The predicted octanol–water partition coefficient (Wildman–Crippen LogP) is 4.11. The minimum atomic E-state index is -3.61. The molecule has 3 rings (SSSR count). The van der Waals surface area contributed by atoms with Crippen LogP contribution in [0, 0.1) is 0 Å².